The van der Waals surface area contributed by atoms with Crippen molar-refractivity contribution in [1.29, 1.82) is 0 Å². The van der Waals surface area contributed by atoms with Crippen LogP contribution in [0.3, 0.4) is 0 Å². The van der Waals surface area contributed by atoms with E-state index in [1.807, 2.05) is 32.1 Å². The largest absolute Gasteiger partial charge is 0.290 e. The van der Waals surface area contributed by atoms with Crippen molar-refractivity contribution < 1.29 is 4.79 Å². The fourth-order valence-electron chi connectivity index (χ4n) is 0.587. The highest BCUT2D eigenvalue weighted by Gasteiger charge is 1.96. The summed E-state index contributed by atoms with van der Waals surface area (Å²) >= 11 is 0. The molecule has 0 saturated carbocycles. The Bertz CT molecular complexity index is 168. The second-order valence-electron chi connectivity index (χ2n) is 1.94. The summed E-state index contributed by atoms with van der Waals surface area (Å²) < 4.78 is 0. The number of hydrogen-bond acceptors (Lipinski definition) is 1. The van der Waals surface area contributed by atoms with Crippen molar-refractivity contribution in [2.24, 2.45) is 0 Å². The van der Waals surface area contributed by atoms with Crippen LogP contribution >= 0.6 is 9.24 Å². The summed E-state index contributed by atoms with van der Waals surface area (Å²) in [7, 11) is 2.17. The summed E-state index contributed by atoms with van der Waals surface area (Å²) in [6, 6.07) is 0. The van der Waals surface area contributed by atoms with Crippen molar-refractivity contribution in [3.05, 3.63) is 23.8 Å². The lowest BCUT2D eigenvalue weighted by molar-refractivity contribution is -0.108. The number of rotatable bonds is 3. The molecule has 0 rings (SSSR count). The Morgan fingerprint density at radius 3 is 2.50 bits per heavy atom. The Hall–Kier alpha value is -0.420. The Labute approximate surface area is 64.4 Å². The van der Waals surface area contributed by atoms with Gasteiger partial charge in [-0.15, -0.1) is 0 Å². The maximum atomic E-state index is 10.7. The monoisotopic (exact) mass is 156 g/mol. The first-order valence-electron chi connectivity index (χ1n) is 3.34. The summed E-state index contributed by atoms with van der Waals surface area (Å²) in [6.07, 6.45) is 6.42. The second-order valence-corrected chi connectivity index (χ2v) is 2.46. The van der Waals surface area contributed by atoms with E-state index >= 15 is 0 Å². The highest BCUT2D eigenvalue weighted by atomic mass is 31.0. The normalized spacial score (nSPS) is 12.5. The molecule has 0 amide bonds. The first-order valence-corrected chi connectivity index (χ1v) is 3.91. The van der Waals surface area contributed by atoms with Crippen LogP contribution in [0.2, 0.25) is 0 Å². The Morgan fingerprint density at radius 1 is 1.60 bits per heavy atom. The zero-order valence-electron chi connectivity index (χ0n) is 6.42. The van der Waals surface area contributed by atoms with Crippen molar-refractivity contribution in [1.82, 2.24) is 0 Å². The molecule has 0 fully saturated rings. The molecule has 0 aromatic rings. The van der Waals surface area contributed by atoms with Gasteiger partial charge in [-0.3, -0.25) is 4.79 Å². The molecule has 1 atom stereocenters. The molecule has 2 heteroatoms. The van der Waals surface area contributed by atoms with E-state index in [2.05, 4.69) is 9.24 Å². The second kappa shape index (κ2) is 5.37. The highest BCUT2D eigenvalue weighted by Crippen LogP contribution is 2.06. The molecule has 56 valence electrons. The lowest BCUT2D eigenvalue weighted by Gasteiger charge is -1.93. The van der Waals surface area contributed by atoms with Gasteiger partial charge < -0.3 is 0 Å². The smallest absolute Gasteiger partial charge is 0.174 e. The van der Waals surface area contributed by atoms with Gasteiger partial charge in [0.15, 0.2) is 5.52 Å². The standard InChI is InChI=1S/C8H13OP/c1-3-5-6-7(4-2)8(9)10/h3,5-6H,4,10H2,1-2H3. The fraction of sp³-hybridized carbons (Fsp3) is 0.375. The molecule has 0 N–H and O–H groups in total. The number of carbonyl (C=O) groups is 1. The third-order valence-electron chi connectivity index (χ3n) is 1.19. The number of carbonyl (C=O) groups excluding carboxylic acids is 1. The lowest BCUT2D eigenvalue weighted by Crippen LogP contribution is -1.88. The van der Waals surface area contributed by atoms with E-state index in [1.54, 1.807) is 0 Å². The Kier molecular flexibility index (Phi) is 5.15. The van der Waals surface area contributed by atoms with Crippen LogP contribution in [0.5, 0.6) is 0 Å². The fourth-order valence-corrected chi connectivity index (χ4v) is 0.887. The van der Waals surface area contributed by atoms with Gasteiger partial charge in [0, 0.05) is 0 Å². The van der Waals surface area contributed by atoms with Crippen molar-refractivity contribution in [2.75, 3.05) is 0 Å². The zero-order chi connectivity index (χ0) is 7.98. The van der Waals surface area contributed by atoms with Crippen LogP contribution in [0.1, 0.15) is 20.3 Å². The molecule has 0 aliphatic carbocycles. The van der Waals surface area contributed by atoms with E-state index in [9.17, 15) is 4.79 Å². The molecule has 1 nitrogen and oxygen atoms in total. The minimum atomic E-state index is 0.0839. The molecule has 1 unspecified atom stereocenters. The summed E-state index contributed by atoms with van der Waals surface area (Å²) in [5, 5.41) is 0. The maximum absolute atomic E-state index is 10.7. The Morgan fingerprint density at radius 2 is 2.20 bits per heavy atom. The van der Waals surface area contributed by atoms with Gasteiger partial charge >= 0.3 is 0 Å². The minimum Gasteiger partial charge on any atom is -0.290 e. The molecular weight excluding hydrogens is 143 g/mol. The molecule has 0 aliphatic heterocycles. The molecule has 0 aliphatic rings. The van der Waals surface area contributed by atoms with E-state index in [0.717, 1.165) is 12.0 Å². The number of allylic oxidation sites excluding steroid dienone is 4. The van der Waals surface area contributed by atoms with E-state index in [-0.39, 0.29) is 5.52 Å². The molecule has 0 heterocycles. The van der Waals surface area contributed by atoms with Gasteiger partial charge in [0.05, 0.1) is 0 Å². The molecule has 10 heavy (non-hydrogen) atoms. The Balaban J connectivity index is 4.18. The molecule has 0 bridgehead atoms. The summed E-state index contributed by atoms with van der Waals surface area (Å²) in [6.45, 7) is 3.90. The third-order valence-corrected chi connectivity index (χ3v) is 1.56. The van der Waals surface area contributed by atoms with Crippen LogP contribution in [0, 0.1) is 0 Å². The SMILES string of the molecule is CC=CC=C(CC)C(=O)P. The molecule has 0 aromatic carbocycles. The number of hydrogen-bond donors (Lipinski definition) is 0. The van der Waals surface area contributed by atoms with Gasteiger partial charge in [-0.2, -0.15) is 0 Å². The molecule has 0 spiro atoms. The van der Waals surface area contributed by atoms with Gasteiger partial charge in [0.1, 0.15) is 0 Å². The molecule has 0 aromatic heterocycles. The van der Waals surface area contributed by atoms with Gasteiger partial charge in [-0.1, -0.05) is 34.4 Å². The topological polar surface area (TPSA) is 17.1 Å². The first kappa shape index (κ1) is 9.58. The van der Waals surface area contributed by atoms with E-state index in [1.165, 1.54) is 0 Å². The summed E-state index contributed by atoms with van der Waals surface area (Å²) in [5.41, 5.74) is 0.934. The van der Waals surface area contributed by atoms with Gasteiger partial charge in [0.2, 0.25) is 0 Å². The average Bonchev–Trinajstić information content (AvgIpc) is 1.89. The predicted octanol–water partition coefficient (Wildman–Crippen LogP) is 2.30. The quantitative estimate of drug-likeness (QED) is 0.348. The van der Waals surface area contributed by atoms with Gasteiger partial charge in [-0.25, -0.2) is 0 Å². The van der Waals surface area contributed by atoms with E-state index in [0.29, 0.717) is 0 Å². The van der Waals surface area contributed by atoms with Crippen molar-refractivity contribution in [3.8, 4) is 0 Å². The van der Waals surface area contributed by atoms with Gasteiger partial charge in [-0.05, 0) is 18.9 Å². The van der Waals surface area contributed by atoms with Crippen molar-refractivity contribution in [2.45, 2.75) is 20.3 Å². The molecule has 0 radical (unpaired) electrons. The van der Waals surface area contributed by atoms with E-state index in [4.69, 9.17) is 0 Å². The zero-order valence-corrected chi connectivity index (χ0v) is 7.58. The van der Waals surface area contributed by atoms with Gasteiger partial charge in [0.25, 0.3) is 0 Å². The summed E-state index contributed by atoms with van der Waals surface area (Å²) in [5.74, 6) is 0. The molecular formula is C8H13OP. The first-order chi connectivity index (χ1) is 4.72. The highest BCUT2D eigenvalue weighted by molar-refractivity contribution is 7.41. The van der Waals surface area contributed by atoms with Crippen molar-refractivity contribution >= 4 is 14.8 Å². The van der Waals surface area contributed by atoms with E-state index < -0.39 is 0 Å². The maximum Gasteiger partial charge on any atom is 0.174 e. The molecule has 0 saturated heterocycles. The summed E-state index contributed by atoms with van der Waals surface area (Å²) in [4.78, 5) is 10.7. The van der Waals surface area contributed by atoms with Crippen molar-refractivity contribution in [3.63, 3.8) is 0 Å². The van der Waals surface area contributed by atoms with Crippen LogP contribution in [-0.2, 0) is 4.79 Å². The van der Waals surface area contributed by atoms with Crippen LogP contribution in [0.4, 0.5) is 0 Å². The lowest BCUT2D eigenvalue weighted by atomic mass is 10.2. The minimum absolute atomic E-state index is 0.0839. The third kappa shape index (κ3) is 3.58. The predicted molar refractivity (Wildman–Crippen MR) is 47.9 cm³/mol. The van der Waals surface area contributed by atoms with Crippen LogP contribution in [0.25, 0.3) is 0 Å². The van der Waals surface area contributed by atoms with Crippen LogP contribution < -0.4 is 0 Å². The van der Waals surface area contributed by atoms with Crippen LogP contribution in [0.15, 0.2) is 23.8 Å². The average molecular weight is 156 g/mol. The van der Waals surface area contributed by atoms with Crippen LogP contribution in [-0.4, -0.2) is 5.52 Å².